The van der Waals surface area contributed by atoms with Gasteiger partial charge in [0.1, 0.15) is 17.1 Å². The lowest BCUT2D eigenvalue weighted by Crippen LogP contribution is -2.12. The summed E-state index contributed by atoms with van der Waals surface area (Å²) in [5.74, 6) is -1.46. The third-order valence-electron chi connectivity index (χ3n) is 5.74. The molecule has 40 heavy (non-hydrogen) atoms. The average Bonchev–Trinajstić information content (AvgIpc) is 2.93. The highest BCUT2D eigenvalue weighted by molar-refractivity contribution is 6.33. The standard InChI is InChI=1S/C27H34ClNO11/c1-5-6-7-8-10-17-23(20(30)14-21(31)24(17)28)27(32)38-12-9-11-18-25(40-16-36-3)19(29(33)34)13-22(26(18)37-4)39-15-35-2/h5,13-14,30-31H,1,6-12,15-16H2,2-4H3. The van der Waals surface area contributed by atoms with E-state index in [0.717, 1.165) is 18.9 Å². The van der Waals surface area contributed by atoms with Gasteiger partial charge in [0.25, 0.3) is 0 Å². The molecule has 12 nitrogen and oxygen atoms in total. The van der Waals surface area contributed by atoms with Crippen molar-refractivity contribution in [1.29, 1.82) is 0 Å². The molecule has 2 aromatic rings. The number of phenols is 2. The molecule has 2 N–H and O–H groups in total. The van der Waals surface area contributed by atoms with Gasteiger partial charge in [-0.1, -0.05) is 17.7 Å². The third kappa shape index (κ3) is 8.38. The number of halogens is 1. The first-order chi connectivity index (χ1) is 19.2. The zero-order valence-corrected chi connectivity index (χ0v) is 23.5. The summed E-state index contributed by atoms with van der Waals surface area (Å²) >= 11 is 6.25. The molecule has 0 bridgehead atoms. The Kier molecular flexibility index (Phi) is 13.3. The number of esters is 1. The number of phenolic OH excluding ortho intramolecular Hbond substituents is 2. The number of benzene rings is 2. The van der Waals surface area contributed by atoms with Gasteiger partial charge < -0.3 is 38.6 Å². The number of nitro groups is 1. The van der Waals surface area contributed by atoms with E-state index in [1.165, 1.54) is 27.4 Å². The minimum atomic E-state index is -0.830. The van der Waals surface area contributed by atoms with Crippen molar-refractivity contribution in [3.8, 4) is 28.7 Å². The van der Waals surface area contributed by atoms with Crippen LogP contribution < -0.4 is 14.2 Å². The van der Waals surface area contributed by atoms with Crippen molar-refractivity contribution in [1.82, 2.24) is 0 Å². The van der Waals surface area contributed by atoms with Crippen LogP contribution in [0.15, 0.2) is 24.8 Å². The normalized spacial score (nSPS) is 10.7. The topological polar surface area (TPSA) is 156 Å². The number of hydrogen-bond donors (Lipinski definition) is 2. The van der Waals surface area contributed by atoms with Gasteiger partial charge in [-0.15, -0.1) is 6.58 Å². The van der Waals surface area contributed by atoms with E-state index in [1.54, 1.807) is 6.08 Å². The molecular formula is C27H34ClNO11. The Morgan fingerprint density at radius 1 is 1.00 bits per heavy atom. The lowest BCUT2D eigenvalue weighted by molar-refractivity contribution is -0.386. The molecule has 0 spiro atoms. The third-order valence-corrected chi connectivity index (χ3v) is 6.16. The summed E-state index contributed by atoms with van der Waals surface area (Å²) in [5.41, 5.74) is 0.0764. The highest BCUT2D eigenvalue weighted by Crippen LogP contribution is 2.45. The van der Waals surface area contributed by atoms with Gasteiger partial charge in [0.05, 0.1) is 29.7 Å². The van der Waals surface area contributed by atoms with E-state index in [9.17, 15) is 25.1 Å². The highest BCUT2D eigenvalue weighted by atomic mass is 35.5. The van der Waals surface area contributed by atoms with Crippen LogP contribution in [-0.2, 0) is 27.1 Å². The lowest BCUT2D eigenvalue weighted by Gasteiger charge is -2.18. The summed E-state index contributed by atoms with van der Waals surface area (Å²) in [6.07, 6.45) is 4.59. The van der Waals surface area contributed by atoms with Crippen LogP contribution in [0.25, 0.3) is 0 Å². The second kappa shape index (κ2) is 16.4. The van der Waals surface area contributed by atoms with Crippen molar-refractivity contribution >= 4 is 23.3 Å². The SMILES string of the molecule is C=CCCCCc1c(Cl)c(O)cc(O)c1C(=O)OCCCc1c(OC)c(OCOC)cc([N+](=O)[O-])c1OCOC. The molecule has 0 aromatic heterocycles. The maximum absolute atomic E-state index is 13.0. The van der Waals surface area contributed by atoms with E-state index < -0.39 is 16.6 Å². The highest BCUT2D eigenvalue weighted by Gasteiger charge is 2.28. The van der Waals surface area contributed by atoms with Crippen LogP contribution in [-0.4, -0.2) is 62.6 Å². The number of carbonyl (C=O) groups excluding carboxylic acids is 1. The number of allylic oxidation sites excluding steroid dienone is 1. The molecule has 0 aliphatic heterocycles. The van der Waals surface area contributed by atoms with Crippen LogP contribution in [0.5, 0.6) is 28.7 Å². The summed E-state index contributed by atoms with van der Waals surface area (Å²) in [7, 11) is 4.15. The molecule has 0 atom stereocenters. The number of nitrogens with zero attached hydrogens (tertiary/aromatic N) is 1. The molecule has 2 aromatic carbocycles. The van der Waals surface area contributed by atoms with Crippen molar-refractivity contribution in [2.45, 2.75) is 38.5 Å². The minimum Gasteiger partial charge on any atom is -0.507 e. The van der Waals surface area contributed by atoms with Gasteiger partial charge in [0, 0.05) is 25.8 Å². The van der Waals surface area contributed by atoms with Crippen molar-refractivity contribution in [2.24, 2.45) is 0 Å². The maximum atomic E-state index is 13.0. The molecule has 0 amide bonds. The van der Waals surface area contributed by atoms with E-state index in [-0.39, 0.29) is 77.9 Å². The van der Waals surface area contributed by atoms with Crippen molar-refractivity contribution in [3.63, 3.8) is 0 Å². The van der Waals surface area contributed by atoms with Crippen LogP contribution in [0.1, 0.15) is 47.2 Å². The molecule has 220 valence electrons. The molecule has 0 aliphatic rings. The molecule has 0 saturated carbocycles. The summed E-state index contributed by atoms with van der Waals surface area (Å²) in [4.78, 5) is 24.1. The molecule has 0 fully saturated rings. The van der Waals surface area contributed by atoms with Crippen LogP contribution in [0, 0.1) is 10.1 Å². The number of hydrogen-bond acceptors (Lipinski definition) is 11. The Morgan fingerprint density at radius 3 is 2.30 bits per heavy atom. The monoisotopic (exact) mass is 583 g/mol. The molecular weight excluding hydrogens is 550 g/mol. The van der Waals surface area contributed by atoms with Crippen molar-refractivity contribution in [3.05, 3.63) is 56.6 Å². The molecule has 0 unspecified atom stereocenters. The first-order valence-corrected chi connectivity index (χ1v) is 12.7. The summed E-state index contributed by atoms with van der Waals surface area (Å²) in [5, 5.41) is 32.2. The summed E-state index contributed by atoms with van der Waals surface area (Å²) in [6.45, 7) is 3.10. The van der Waals surface area contributed by atoms with Gasteiger partial charge in [-0.25, -0.2) is 4.79 Å². The average molecular weight is 584 g/mol. The van der Waals surface area contributed by atoms with Crippen molar-refractivity contribution in [2.75, 3.05) is 41.5 Å². The number of carbonyl (C=O) groups is 1. The Morgan fingerprint density at radius 2 is 1.68 bits per heavy atom. The number of nitro benzene ring substituents is 1. The molecule has 2 rings (SSSR count). The first-order valence-electron chi connectivity index (χ1n) is 12.3. The van der Waals surface area contributed by atoms with Crippen LogP contribution in [0.2, 0.25) is 5.02 Å². The number of rotatable bonds is 18. The zero-order chi connectivity index (χ0) is 29.7. The minimum absolute atomic E-state index is 0.0341. The predicted octanol–water partition coefficient (Wildman–Crippen LogP) is 5.32. The lowest BCUT2D eigenvalue weighted by atomic mass is 9.99. The molecule has 0 saturated heterocycles. The van der Waals surface area contributed by atoms with E-state index in [4.69, 9.17) is 40.0 Å². The Hall–Kier alpha value is -3.74. The fourth-order valence-electron chi connectivity index (χ4n) is 3.98. The van der Waals surface area contributed by atoms with Gasteiger partial charge in [0.2, 0.25) is 5.75 Å². The van der Waals surface area contributed by atoms with Crippen LogP contribution in [0.3, 0.4) is 0 Å². The quantitative estimate of drug-likeness (QED) is 0.0584. The smallest absolute Gasteiger partial charge is 0.342 e. The zero-order valence-electron chi connectivity index (χ0n) is 22.7. The Bertz CT molecular complexity index is 1190. The van der Waals surface area contributed by atoms with E-state index in [0.29, 0.717) is 18.4 Å². The maximum Gasteiger partial charge on any atom is 0.342 e. The van der Waals surface area contributed by atoms with Crippen LogP contribution in [0.4, 0.5) is 5.69 Å². The fraction of sp³-hybridized carbons (Fsp3) is 0.444. The first kappa shape index (κ1) is 32.5. The molecule has 0 radical (unpaired) electrons. The Balaban J connectivity index is 2.29. The van der Waals surface area contributed by atoms with Gasteiger partial charge in [-0.3, -0.25) is 10.1 Å². The molecule has 0 heterocycles. The molecule has 13 heteroatoms. The number of methoxy groups -OCH3 is 3. The van der Waals surface area contributed by atoms with Crippen LogP contribution >= 0.6 is 11.6 Å². The van der Waals surface area contributed by atoms with Gasteiger partial charge in [-0.05, 0) is 44.1 Å². The second-order valence-corrected chi connectivity index (χ2v) is 8.83. The second-order valence-electron chi connectivity index (χ2n) is 8.45. The van der Waals surface area contributed by atoms with Gasteiger partial charge in [-0.2, -0.15) is 0 Å². The van der Waals surface area contributed by atoms with Crippen molar-refractivity contribution < 1.29 is 48.4 Å². The van der Waals surface area contributed by atoms with E-state index in [1.807, 2.05) is 0 Å². The number of ether oxygens (including phenoxy) is 6. The predicted molar refractivity (Wildman–Crippen MR) is 146 cm³/mol. The summed E-state index contributed by atoms with van der Waals surface area (Å²) in [6, 6.07) is 2.15. The van der Waals surface area contributed by atoms with E-state index in [2.05, 4.69) is 6.58 Å². The summed E-state index contributed by atoms with van der Waals surface area (Å²) < 4.78 is 31.7. The molecule has 0 aliphatic carbocycles. The largest absolute Gasteiger partial charge is 0.507 e. The number of aromatic hydroxyl groups is 2. The van der Waals surface area contributed by atoms with Gasteiger partial charge in [0.15, 0.2) is 25.1 Å². The van der Waals surface area contributed by atoms with E-state index >= 15 is 0 Å². The van der Waals surface area contributed by atoms with Gasteiger partial charge >= 0.3 is 11.7 Å². The fourth-order valence-corrected chi connectivity index (χ4v) is 4.22. The Labute approximate surface area is 237 Å². The number of unbranched alkanes of at least 4 members (excludes halogenated alkanes) is 2.